The van der Waals surface area contributed by atoms with Gasteiger partial charge in [-0.2, -0.15) is 13.2 Å². The highest BCUT2D eigenvalue weighted by Crippen LogP contribution is 2.32. The molecule has 0 aromatic heterocycles. The number of hydrogen-bond acceptors (Lipinski definition) is 3. The molecule has 1 aliphatic heterocycles. The average Bonchev–Trinajstić information content (AvgIpc) is 3.33. The highest BCUT2D eigenvalue weighted by atomic mass is 19.4. The third-order valence-electron chi connectivity index (χ3n) is 6.80. The molecule has 1 aromatic rings. The summed E-state index contributed by atoms with van der Waals surface area (Å²) < 4.78 is 57.6. The van der Waals surface area contributed by atoms with Crippen LogP contribution in [0.5, 0.6) is 0 Å². The van der Waals surface area contributed by atoms with E-state index in [0.29, 0.717) is 25.0 Å². The van der Waals surface area contributed by atoms with Gasteiger partial charge in [-0.05, 0) is 37.5 Å². The molecule has 204 valence electrons. The Morgan fingerprint density at radius 3 is 2.00 bits per heavy atom. The predicted molar refractivity (Wildman–Crippen MR) is 132 cm³/mol. The fourth-order valence-corrected chi connectivity index (χ4v) is 4.69. The SMILES string of the molecule is CCCCCCCCCCCCCCCOC(=O)C1CCCN1C(=O)c1ccc(C(F)(F)F)c(F)c1. The zero-order valence-electron chi connectivity index (χ0n) is 21.5. The summed E-state index contributed by atoms with van der Waals surface area (Å²) in [5.74, 6) is -2.68. The fraction of sp³-hybridized carbons (Fsp3) is 0.714. The number of rotatable bonds is 16. The number of carbonyl (C=O) groups excluding carboxylic acids is 2. The normalized spacial score (nSPS) is 15.9. The lowest BCUT2D eigenvalue weighted by Gasteiger charge is -2.23. The molecule has 2 rings (SSSR count). The van der Waals surface area contributed by atoms with E-state index in [1.807, 2.05) is 0 Å². The predicted octanol–water partition coefficient (Wildman–Crippen LogP) is 8.08. The molecule has 0 aliphatic carbocycles. The first-order chi connectivity index (χ1) is 17.3. The lowest BCUT2D eigenvalue weighted by Crippen LogP contribution is -2.41. The van der Waals surface area contributed by atoms with Gasteiger partial charge in [-0.15, -0.1) is 0 Å². The van der Waals surface area contributed by atoms with Gasteiger partial charge >= 0.3 is 12.1 Å². The second kappa shape index (κ2) is 15.9. The summed E-state index contributed by atoms with van der Waals surface area (Å²) in [4.78, 5) is 26.5. The molecule has 1 aliphatic rings. The van der Waals surface area contributed by atoms with E-state index in [0.717, 1.165) is 25.3 Å². The third-order valence-corrected chi connectivity index (χ3v) is 6.80. The number of hydrogen-bond donors (Lipinski definition) is 0. The molecule has 1 unspecified atom stereocenters. The van der Waals surface area contributed by atoms with Crippen molar-refractivity contribution in [3.63, 3.8) is 0 Å². The van der Waals surface area contributed by atoms with Crippen LogP contribution in [0, 0.1) is 5.82 Å². The van der Waals surface area contributed by atoms with Gasteiger partial charge in [-0.1, -0.05) is 84.0 Å². The minimum Gasteiger partial charge on any atom is -0.464 e. The maximum Gasteiger partial charge on any atom is 0.419 e. The topological polar surface area (TPSA) is 46.6 Å². The Balaban J connectivity index is 1.62. The number of esters is 1. The van der Waals surface area contributed by atoms with Gasteiger partial charge in [0.2, 0.25) is 0 Å². The number of unbranched alkanes of at least 4 members (excludes halogenated alkanes) is 12. The number of amides is 1. The van der Waals surface area contributed by atoms with Crippen LogP contribution in [0.1, 0.15) is 119 Å². The molecule has 8 heteroatoms. The van der Waals surface area contributed by atoms with Crippen molar-refractivity contribution in [2.45, 2.75) is 115 Å². The number of likely N-dealkylation sites (tertiary alicyclic amines) is 1. The molecule has 0 saturated carbocycles. The van der Waals surface area contributed by atoms with Crippen LogP contribution in [0.4, 0.5) is 17.6 Å². The average molecular weight is 516 g/mol. The first-order valence-corrected chi connectivity index (χ1v) is 13.6. The highest BCUT2D eigenvalue weighted by molar-refractivity contribution is 5.97. The van der Waals surface area contributed by atoms with Crippen molar-refractivity contribution in [3.8, 4) is 0 Å². The van der Waals surface area contributed by atoms with E-state index in [1.54, 1.807) is 0 Å². The minimum absolute atomic E-state index is 0.211. The number of ether oxygens (including phenoxy) is 1. The lowest BCUT2D eigenvalue weighted by molar-refractivity contribution is -0.148. The van der Waals surface area contributed by atoms with E-state index in [1.165, 1.54) is 69.1 Å². The molecule has 1 atom stereocenters. The summed E-state index contributed by atoms with van der Waals surface area (Å²) in [6.07, 6.45) is 12.0. The van der Waals surface area contributed by atoms with E-state index in [4.69, 9.17) is 4.74 Å². The number of carbonyl (C=O) groups is 2. The minimum atomic E-state index is -4.83. The van der Waals surface area contributed by atoms with Crippen LogP contribution < -0.4 is 0 Å². The van der Waals surface area contributed by atoms with Gasteiger partial charge in [0.1, 0.15) is 11.9 Å². The van der Waals surface area contributed by atoms with Gasteiger partial charge in [-0.25, -0.2) is 9.18 Å². The molecular weight excluding hydrogens is 474 g/mol. The molecule has 1 saturated heterocycles. The molecular formula is C28H41F4NO3. The molecule has 0 bridgehead atoms. The van der Waals surface area contributed by atoms with Gasteiger partial charge in [0.15, 0.2) is 0 Å². The van der Waals surface area contributed by atoms with Gasteiger partial charge < -0.3 is 9.64 Å². The Hall–Kier alpha value is -2.12. The molecule has 0 spiro atoms. The van der Waals surface area contributed by atoms with Crippen LogP contribution in [-0.2, 0) is 15.7 Å². The van der Waals surface area contributed by atoms with E-state index in [2.05, 4.69) is 6.92 Å². The van der Waals surface area contributed by atoms with Crippen LogP contribution in [0.3, 0.4) is 0 Å². The van der Waals surface area contributed by atoms with E-state index >= 15 is 0 Å². The molecule has 4 nitrogen and oxygen atoms in total. The van der Waals surface area contributed by atoms with Crippen LogP contribution in [0.2, 0.25) is 0 Å². The van der Waals surface area contributed by atoms with E-state index < -0.39 is 35.5 Å². The molecule has 36 heavy (non-hydrogen) atoms. The second-order valence-electron chi connectivity index (χ2n) is 9.76. The van der Waals surface area contributed by atoms with Gasteiger partial charge in [0.05, 0.1) is 12.2 Å². The molecule has 0 N–H and O–H groups in total. The summed E-state index contributed by atoms with van der Waals surface area (Å²) in [6, 6.07) is 1.30. The van der Waals surface area contributed by atoms with Crippen LogP contribution in [0.25, 0.3) is 0 Å². The molecule has 1 amide bonds. The smallest absolute Gasteiger partial charge is 0.419 e. The van der Waals surface area contributed by atoms with Crippen molar-refractivity contribution in [1.82, 2.24) is 4.90 Å². The van der Waals surface area contributed by atoms with Crippen molar-refractivity contribution >= 4 is 11.9 Å². The van der Waals surface area contributed by atoms with Gasteiger partial charge in [-0.3, -0.25) is 4.79 Å². The van der Waals surface area contributed by atoms with E-state index in [9.17, 15) is 27.2 Å². The number of alkyl halides is 3. The van der Waals surface area contributed by atoms with Crippen LogP contribution >= 0.6 is 0 Å². The van der Waals surface area contributed by atoms with E-state index in [-0.39, 0.29) is 18.7 Å². The summed E-state index contributed by atoms with van der Waals surface area (Å²) in [5.41, 5.74) is -1.63. The molecule has 1 heterocycles. The van der Waals surface area contributed by atoms with Crippen LogP contribution in [-0.4, -0.2) is 36.0 Å². The monoisotopic (exact) mass is 515 g/mol. The Bertz CT molecular complexity index is 812. The third kappa shape index (κ3) is 10.1. The molecule has 1 aromatic carbocycles. The number of halogens is 4. The maximum absolute atomic E-state index is 13.9. The number of nitrogens with zero attached hydrogens (tertiary/aromatic N) is 1. The summed E-state index contributed by atoms with van der Waals surface area (Å²) >= 11 is 0. The number of benzene rings is 1. The largest absolute Gasteiger partial charge is 0.464 e. The molecule has 0 radical (unpaired) electrons. The quantitative estimate of drug-likeness (QED) is 0.127. The van der Waals surface area contributed by atoms with Crippen molar-refractivity contribution < 1.29 is 31.9 Å². The summed E-state index contributed by atoms with van der Waals surface area (Å²) in [6.45, 7) is 2.79. The summed E-state index contributed by atoms with van der Waals surface area (Å²) in [5, 5.41) is 0. The van der Waals surface area contributed by atoms with Crippen LogP contribution in [0.15, 0.2) is 18.2 Å². The Kier molecular flexibility index (Phi) is 13.3. The first kappa shape index (κ1) is 30.1. The Labute approximate surface area is 212 Å². The first-order valence-electron chi connectivity index (χ1n) is 13.6. The summed E-state index contributed by atoms with van der Waals surface area (Å²) in [7, 11) is 0. The van der Waals surface area contributed by atoms with Crippen molar-refractivity contribution in [3.05, 3.63) is 35.1 Å². The maximum atomic E-state index is 13.9. The van der Waals surface area contributed by atoms with Crippen molar-refractivity contribution in [2.24, 2.45) is 0 Å². The van der Waals surface area contributed by atoms with Crippen molar-refractivity contribution in [2.75, 3.05) is 13.2 Å². The highest BCUT2D eigenvalue weighted by Gasteiger charge is 2.37. The second-order valence-corrected chi connectivity index (χ2v) is 9.76. The van der Waals surface area contributed by atoms with Gasteiger partial charge in [0.25, 0.3) is 5.91 Å². The lowest BCUT2D eigenvalue weighted by atomic mass is 10.0. The molecule has 1 fully saturated rings. The zero-order chi connectivity index (χ0) is 26.4. The van der Waals surface area contributed by atoms with Gasteiger partial charge in [0, 0.05) is 12.1 Å². The Morgan fingerprint density at radius 1 is 0.917 bits per heavy atom. The standard InChI is InChI=1S/C28H41F4NO3/c1-2-3-4-5-6-7-8-9-10-11-12-13-14-20-36-27(35)25-16-15-19-33(25)26(34)22-17-18-23(24(29)21-22)28(30,31)32/h17-18,21,25H,2-16,19-20H2,1H3. The van der Waals surface area contributed by atoms with Crippen molar-refractivity contribution in [1.29, 1.82) is 0 Å². The Morgan fingerprint density at radius 2 is 1.47 bits per heavy atom. The fourth-order valence-electron chi connectivity index (χ4n) is 4.69. The zero-order valence-corrected chi connectivity index (χ0v) is 21.5.